The van der Waals surface area contributed by atoms with E-state index in [0.717, 1.165) is 0 Å². The monoisotopic (exact) mass is 388 g/mol. The topological polar surface area (TPSA) is 118 Å². The normalized spacial score (nSPS) is 11.9. The lowest BCUT2D eigenvalue weighted by atomic mass is 10.0. The summed E-state index contributed by atoms with van der Waals surface area (Å²) in [4.78, 5) is 16.6. The van der Waals surface area contributed by atoms with Crippen molar-refractivity contribution in [3.8, 4) is 17.2 Å². The summed E-state index contributed by atoms with van der Waals surface area (Å²) < 4.78 is 16.6. The summed E-state index contributed by atoms with van der Waals surface area (Å²) in [5.41, 5.74) is 8.43. The molecular weight excluding hydrogens is 371 g/mol. The van der Waals surface area contributed by atoms with Crippen molar-refractivity contribution in [2.24, 2.45) is 7.05 Å². The Hall–Kier alpha value is -4.06. The molecule has 9 heteroatoms. The number of imidazole rings is 1. The molecule has 0 radical (unpaired) electrons. The highest BCUT2D eigenvalue weighted by Crippen LogP contribution is 2.33. The van der Waals surface area contributed by atoms with Crippen LogP contribution in [-0.4, -0.2) is 24.5 Å². The highest BCUT2D eigenvalue weighted by atomic mass is 19.1. The first-order valence-corrected chi connectivity index (χ1v) is 8.83. The Morgan fingerprint density at radius 2 is 1.97 bits per heavy atom. The van der Waals surface area contributed by atoms with Gasteiger partial charge in [0.2, 0.25) is 0 Å². The van der Waals surface area contributed by atoms with Gasteiger partial charge in [-0.25, -0.2) is 19.3 Å². The second-order valence-corrected chi connectivity index (χ2v) is 6.52. The van der Waals surface area contributed by atoms with Gasteiger partial charge in [-0.05, 0) is 36.8 Å². The SMILES string of the molecule is C[C@H](Nc1ncnc(N)c1C#N)c1nc2ccc(F)c(-c3ccncc3)c2n1C. The molecule has 1 aromatic carbocycles. The number of fused-ring (bicyclic) bond motifs is 1. The second-order valence-electron chi connectivity index (χ2n) is 6.52. The van der Waals surface area contributed by atoms with Gasteiger partial charge in [0.25, 0.3) is 0 Å². The Morgan fingerprint density at radius 3 is 2.69 bits per heavy atom. The van der Waals surface area contributed by atoms with Crippen molar-refractivity contribution in [2.75, 3.05) is 11.1 Å². The molecule has 8 nitrogen and oxygen atoms in total. The number of hydrogen-bond donors (Lipinski definition) is 2. The third-order valence-electron chi connectivity index (χ3n) is 4.72. The quantitative estimate of drug-likeness (QED) is 0.551. The van der Waals surface area contributed by atoms with Gasteiger partial charge in [-0.3, -0.25) is 4.98 Å². The number of pyridine rings is 1. The maximum Gasteiger partial charge on any atom is 0.150 e. The molecule has 3 N–H and O–H groups in total. The van der Waals surface area contributed by atoms with Crippen molar-refractivity contribution in [1.29, 1.82) is 5.26 Å². The molecule has 0 aliphatic heterocycles. The molecule has 3 heterocycles. The molecule has 1 atom stereocenters. The summed E-state index contributed by atoms with van der Waals surface area (Å²) in [6, 6.07) is 8.25. The Labute approximate surface area is 165 Å². The first kappa shape index (κ1) is 18.3. The minimum absolute atomic E-state index is 0.101. The van der Waals surface area contributed by atoms with Gasteiger partial charge in [-0.2, -0.15) is 5.26 Å². The predicted octanol–water partition coefficient (Wildman–Crippen LogP) is 3.19. The molecule has 0 aliphatic carbocycles. The fraction of sp³-hybridized carbons (Fsp3) is 0.150. The van der Waals surface area contributed by atoms with Gasteiger partial charge in [-0.1, -0.05) is 0 Å². The third kappa shape index (κ3) is 3.10. The molecule has 0 saturated carbocycles. The average Bonchev–Trinajstić information content (AvgIpc) is 3.05. The number of nitrogens with two attached hydrogens (primary N) is 1. The lowest BCUT2D eigenvalue weighted by molar-refractivity contribution is 0.632. The van der Waals surface area contributed by atoms with Crippen molar-refractivity contribution in [3.63, 3.8) is 0 Å². The van der Waals surface area contributed by atoms with Crippen molar-refractivity contribution >= 4 is 22.7 Å². The summed E-state index contributed by atoms with van der Waals surface area (Å²) >= 11 is 0. The van der Waals surface area contributed by atoms with E-state index in [-0.39, 0.29) is 23.2 Å². The van der Waals surface area contributed by atoms with Crippen LogP contribution >= 0.6 is 0 Å². The summed E-state index contributed by atoms with van der Waals surface area (Å²) in [7, 11) is 1.83. The highest BCUT2D eigenvalue weighted by molar-refractivity contribution is 5.93. The number of nitriles is 1. The summed E-state index contributed by atoms with van der Waals surface area (Å²) in [5, 5.41) is 12.5. The van der Waals surface area contributed by atoms with Crippen LogP contribution in [0.15, 0.2) is 43.0 Å². The minimum Gasteiger partial charge on any atom is -0.382 e. The number of hydrogen-bond acceptors (Lipinski definition) is 7. The first-order chi connectivity index (χ1) is 14.0. The minimum atomic E-state index is -0.339. The van der Waals surface area contributed by atoms with E-state index in [0.29, 0.717) is 33.8 Å². The van der Waals surface area contributed by atoms with E-state index in [1.807, 2.05) is 24.6 Å². The van der Waals surface area contributed by atoms with Crippen LogP contribution in [0.25, 0.3) is 22.2 Å². The Morgan fingerprint density at radius 1 is 1.21 bits per heavy atom. The van der Waals surface area contributed by atoms with Crippen LogP contribution in [0.4, 0.5) is 16.0 Å². The van der Waals surface area contributed by atoms with E-state index in [4.69, 9.17) is 5.73 Å². The molecule has 0 aliphatic rings. The van der Waals surface area contributed by atoms with Crippen LogP contribution in [0.1, 0.15) is 24.4 Å². The number of nitrogens with one attached hydrogen (secondary N) is 1. The molecule has 0 spiro atoms. The number of anilines is 2. The fourth-order valence-electron chi connectivity index (χ4n) is 3.37. The number of halogens is 1. The lowest BCUT2D eigenvalue weighted by Crippen LogP contribution is -2.15. The molecule has 144 valence electrons. The van der Waals surface area contributed by atoms with Crippen molar-refractivity contribution in [3.05, 3.63) is 60.2 Å². The zero-order chi connectivity index (χ0) is 20.5. The van der Waals surface area contributed by atoms with Crippen LogP contribution in [-0.2, 0) is 7.05 Å². The number of rotatable bonds is 4. The summed E-state index contributed by atoms with van der Waals surface area (Å²) in [6.45, 7) is 1.88. The molecule has 29 heavy (non-hydrogen) atoms. The zero-order valence-corrected chi connectivity index (χ0v) is 15.8. The summed E-state index contributed by atoms with van der Waals surface area (Å²) in [5.74, 6) is 0.737. The summed E-state index contributed by atoms with van der Waals surface area (Å²) in [6.07, 6.45) is 4.53. The maximum absolute atomic E-state index is 14.7. The van der Waals surface area contributed by atoms with E-state index < -0.39 is 0 Å². The van der Waals surface area contributed by atoms with Gasteiger partial charge in [-0.15, -0.1) is 0 Å². The van der Waals surface area contributed by atoms with Crippen molar-refractivity contribution in [2.45, 2.75) is 13.0 Å². The number of aromatic nitrogens is 5. The van der Waals surface area contributed by atoms with Crippen molar-refractivity contribution in [1.82, 2.24) is 24.5 Å². The van der Waals surface area contributed by atoms with Gasteiger partial charge in [0.05, 0.1) is 17.1 Å². The molecule has 0 unspecified atom stereocenters. The zero-order valence-electron chi connectivity index (χ0n) is 15.8. The van der Waals surface area contributed by atoms with Gasteiger partial charge < -0.3 is 15.6 Å². The smallest absolute Gasteiger partial charge is 0.150 e. The number of nitrogens with zero attached hydrogens (tertiary/aromatic N) is 6. The average molecular weight is 388 g/mol. The van der Waals surface area contributed by atoms with Crippen LogP contribution in [0, 0.1) is 17.1 Å². The Kier molecular flexibility index (Phi) is 4.52. The van der Waals surface area contributed by atoms with Crippen LogP contribution in [0.3, 0.4) is 0 Å². The Balaban J connectivity index is 1.81. The molecule has 0 fully saturated rings. The van der Waals surface area contributed by atoms with E-state index >= 15 is 0 Å². The molecule has 0 amide bonds. The van der Waals surface area contributed by atoms with E-state index in [9.17, 15) is 9.65 Å². The third-order valence-corrected chi connectivity index (χ3v) is 4.72. The molecule has 4 rings (SSSR count). The van der Waals surface area contributed by atoms with E-state index in [2.05, 4.69) is 25.3 Å². The van der Waals surface area contributed by atoms with Gasteiger partial charge >= 0.3 is 0 Å². The second kappa shape index (κ2) is 7.16. The van der Waals surface area contributed by atoms with Gasteiger partial charge in [0.15, 0.2) is 0 Å². The van der Waals surface area contributed by atoms with E-state index in [1.54, 1.807) is 30.6 Å². The van der Waals surface area contributed by atoms with Gasteiger partial charge in [0.1, 0.15) is 41.2 Å². The molecule has 4 aromatic rings. The number of aryl methyl sites for hydroxylation is 1. The molecule has 0 bridgehead atoms. The first-order valence-electron chi connectivity index (χ1n) is 8.83. The predicted molar refractivity (Wildman–Crippen MR) is 107 cm³/mol. The van der Waals surface area contributed by atoms with Crippen molar-refractivity contribution < 1.29 is 4.39 Å². The van der Waals surface area contributed by atoms with Crippen LogP contribution in [0.2, 0.25) is 0 Å². The molecular formula is C20H17FN8. The highest BCUT2D eigenvalue weighted by Gasteiger charge is 2.21. The number of benzene rings is 1. The van der Waals surface area contributed by atoms with Crippen LogP contribution in [0.5, 0.6) is 0 Å². The molecule has 0 saturated heterocycles. The standard InChI is InChI=1S/C20H17FN8/c1-11(27-19-13(9-22)18(23)25-10-26-19)20-28-15-4-3-14(21)16(17(15)29(20)2)12-5-7-24-8-6-12/h3-8,10-11H,1-2H3,(H3,23,25,26,27)/t11-/m0/s1. The van der Waals surface area contributed by atoms with E-state index in [1.165, 1.54) is 12.4 Å². The maximum atomic E-state index is 14.7. The fourth-order valence-corrected chi connectivity index (χ4v) is 3.37. The number of nitrogen functional groups attached to an aromatic ring is 1. The largest absolute Gasteiger partial charge is 0.382 e. The lowest BCUT2D eigenvalue weighted by Gasteiger charge is -2.16. The Bertz CT molecular complexity index is 1240. The molecule has 3 aromatic heterocycles. The van der Waals surface area contributed by atoms with Gasteiger partial charge in [0, 0.05) is 25.0 Å². The van der Waals surface area contributed by atoms with Crippen LogP contribution < -0.4 is 11.1 Å².